The highest BCUT2D eigenvalue weighted by molar-refractivity contribution is 6.30. The quantitative estimate of drug-likeness (QED) is 0.907. The van der Waals surface area contributed by atoms with Crippen LogP contribution in [0.4, 0.5) is 10.1 Å². The molecule has 0 aromatic heterocycles. The molecule has 18 heavy (non-hydrogen) atoms. The Morgan fingerprint density at radius 2 is 1.89 bits per heavy atom. The Balaban J connectivity index is 2.02. The maximum absolute atomic E-state index is 13.2. The highest BCUT2D eigenvalue weighted by Crippen LogP contribution is 2.19. The zero-order valence-corrected chi connectivity index (χ0v) is 10.2. The maximum Gasteiger partial charge on any atom is 0.143 e. The smallest absolute Gasteiger partial charge is 0.143 e. The molecule has 0 fully saturated rings. The van der Waals surface area contributed by atoms with Crippen LogP contribution >= 0.6 is 11.6 Å². The summed E-state index contributed by atoms with van der Waals surface area (Å²) in [6, 6.07) is 13.9. The van der Waals surface area contributed by atoms with Crippen LogP contribution in [-0.2, 0) is 6.54 Å². The van der Waals surface area contributed by atoms with Gasteiger partial charge < -0.3 is 5.32 Å². The van der Waals surface area contributed by atoms with Crippen molar-refractivity contribution in [3.8, 4) is 6.07 Å². The number of nitrogens with one attached hydrogen (secondary N) is 1. The molecule has 2 rings (SSSR count). The van der Waals surface area contributed by atoms with Gasteiger partial charge in [-0.15, -0.1) is 0 Å². The standard InChI is InChI=1S/C14H10ClFN2/c15-13-6-5-12(7-14(13)16)18-9-11-3-1-10(8-17)2-4-11/h1-7,18H,9H2. The predicted octanol–water partition coefficient (Wildman–Crippen LogP) is 3.96. The van der Waals surface area contributed by atoms with E-state index in [1.54, 1.807) is 18.2 Å². The minimum absolute atomic E-state index is 0.110. The van der Waals surface area contributed by atoms with Crippen molar-refractivity contribution < 1.29 is 4.39 Å². The van der Waals surface area contributed by atoms with E-state index in [4.69, 9.17) is 16.9 Å². The molecule has 0 bridgehead atoms. The molecule has 0 saturated carbocycles. The van der Waals surface area contributed by atoms with Crippen molar-refractivity contribution in [3.05, 3.63) is 64.4 Å². The lowest BCUT2D eigenvalue weighted by Gasteiger charge is -2.07. The second kappa shape index (κ2) is 5.52. The summed E-state index contributed by atoms with van der Waals surface area (Å²) in [6.07, 6.45) is 0. The average molecular weight is 261 g/mol. The van der Waals surface area contributed by atoms with E-state index in [1.807, 2.05) is 12.1 Å². The SMILES string of the molecule is N#Cc1ccc(CNc2ccc(Cl)c(F)c2)cc1. The molecule has 0 radical (unpaired) electrons. The van der Waals surface area contributed by atoms with Crippen molar-refractivity contribution in [2.75, 3.05) is 5.32 Å². The molecule has 2 nitrogen and oxygen atoms in total. The fourth-order valence-electron chi connectivity index (χ4n) is 1.51. The molecule has 4 heteroatoms. The van der Waals surface area contributed by atoms with Gasteiger partial charge in [-0.05, 0) is 35.9 Å². The van der Waals surface area contributed by atoms with Gasteiger partial charge in [0.05, 0.1) is 16.7 Å². The molecule has 0 spiro atoms. The second-order valence-electron chi connectivity index (χ2n) is 3.79. The molecular weight excluding hydrogens is 251 g/mol. The second-order valence-corrected chi connectivity index (χ2v) is 4.20. The van der Waals surface area contributed by atoms with Gasteiger partial charge in [0.25, 0.3) is 0 Å². The van der Waals surface area contributed by atoms with Crippen LogP contribution in [0.2, 0.25) is 5.02 Å². The van der Waals surface area contributed by atoms with E-state index in [0.717, 1.165) is 5.56 Å². The maximum atomic E-state index is 13.2. The van der Waals surface area contributed by atoms with Crippen molar-refractivity contribution in [3.63, 3.8) is 0 Å². The first-order valence-electron chi connectivity index (χ1n) is 5.37. The summed E-state index contributed by atoms with van der Waals surface area (Å²) < 4.78 is 13.2. The molecule has 2 aromatic rings. The number of benzene rings is 2. The molecule has 1 N–H and O–H groups in total. The van der Waals surface area contributed by atoms with Gasteiger partial charge in [0.1, 0.15) is 5.82 Å². The molecular formula is C14H10ClFN2. The van der Waals surface area contributed by atoms with Crippen LogP contribution in [0.25, 0.3) is 0 Å². The van der Waals surface area contributed by atoms with Crippen LogP contribution in [-0.4, -0.2) is 0 Å². The summed E-state index contributed by atoms with van der Waals surface area (Å²) >= 11 is 5.60. The van der Waals surface area contributed by atoms with Crippen LogP contribution < -0.4 is 5.32 Å². The van der Waals surface area contributed by atoms with Gasteiger partial charge in [-0.2, -0.15) is 5.26 Å². The van der Waals surface area contributed by atoms with E-state index < -0.39 is 5.82 Å². The number of rotatable bonds is 3. The third-order valence-corrected chi connectivity index (χ3v) is 2.81. The van der Waals surface area contributed by atoms with E-state index in [2.05, 4.69) is 11.4 Å². The fourth-order valence-corrected chi connectivity index (χ4v) is 1.62. The molecule has 0 unspecified atom stereocenters. The number of halogens is 2. The Morgan fingerprint density at radius 3 is 2.50 bits per heavy atom. The van der Waals surface area contributed by atoms with E-state index in [-0.39, 0.29) is 5.02 Å². The topological polar surface area (TPSA) is 35.8 Å². The van der Waals surface area contributed by atoms with Crippen molar-refractivity contribution >= 4 is 17.3 Å². The summed E-state index contributed by atoms with van der Waals surface area (Å²) in [5.41, 5.74) is 2.31. The van der Waals surface area contributed by atoms with Gasteiger partial charge in [0, 0.05) is 12.2 Å². The van der Waals surface area contributed by atoms with Gasteiger partial charge in [0.2, 0.25) is 0 Å². The Hall–Kier alpha value is -2.05. The lowest BCUT2D eigenvalue weighted by atomic mass is 10.1. The van der Waals surface area contributed by atoms with E-state index in [0.29, 0.717) is 17.8 Å². The van der Waals surface area contributed by atoms with Crippen LogP contribution in [0.1, 0.15) is 11.1 Å². The number of nitrogens with zero attached hydrogens (tertiary/aromatic N) is 1. The molecule has 0 aliphatic rings. The van der Waals surface area contributed by atoms with Gasteiger partial charge in [-0.3, -0.25) is 0 Å². The minimum Gasteiger partial charge on any atom is -0.381 e. The van der Waals surface area contributed by atoms with Crippen LogP contribution in [0.15, 0.2) is 42.5 Å². The van der Waals surface area contributed by atoms with Crippen molar-refractivity contribution in [2.24, 2.45) is 0 Å². The number of hydrogen-bond donors (Lipinski definition) is 1. The van der Waals surface area contributed by atoms with Crippen LogP contribution in [0, 0.1) is 17.1 Å². The van der Waals surface area contributed by atoms with Crippen molar-refractivity contribution in [1.82, 2.24) is 0 Å². The predicted molar refractivity (Wildman–Crippen MR) is 69.9 cm³/mol. The van der Waals surface area contributed by atoms with E-state index in [1.165, 1.54) is 12.1 Å². The van der Waals surface area contributed by atoms with Crippen LogP contribution in [0.3, 0.4) is 0 Å². The van der Waals surface area contributed by atoms with E-state index >= 15 is 0 Å². The first-order valence-corrected chi connectivity index (χ1v) is 5.75. The molecule has 0 aliphatic heterocycles. The average Bonchev–Trinajstić information content (AvgIpc) is 2.41. The monoisotopic (exact) mass is 260 g/mol. The number of nitriles is 1. The third kappa shape index (κ3) is 2.99. The third-order valence-electron chi connectivity index (χ3n) is 2.50. The lowest BCUT2D eigenvalue weighted by molar-refractivity contribution is 0.628. The molecule has 0 amide bonds. The molecule has 90 valence electrons. The molecule has 0 heterocycles. The summed E-state index contributed by atoms with van der Waals surface area (Å²) in [7, 11) is 0. The summed E-state index contributed by atoms with van der Waals surface area (Å²) in [4.78, 5) is 0. The lowest BCUT2D eigenvalue weighted by Crippen LogP contribution is -1.99. The van der Waals surface area contributed by atoms with Crippen molar-refractivity contribution in [1.29, 1.82) is 5.26 Å². The molecule has 0 aliphatic carbocycles. The number of anilines is 1. The molecule has 0 saturated heterocycles. The zero-order chi connectivity index (χ0) is 13.0. The Morgan fingerprint density at radius 1 is 1.17 bits per heavy atom. The summed E-state index contributed by atoms with van der Waals surface area (Å²) in [5, 5.41) is 11.9. The Labute approximate surface area is 110 Å². The zero-order valence-electron chi connectivity index (χ0n) is 9.45. The summed E-state index contributed by atoms with van der Waals surface area (Å²) in [5.74, 6) is -0.443. The first-order chi connectivity index (χ1) is 8.69. The molecule has 0 atom stereocenters. The number of hydrogen-bond acceptors (Lipinski definition) is 2. The van der Waals surface area contributed by atoms with Crippen molar-refractivity contribution in [2.45, 2.75) is 6.54 Å². The highest BCUT2D eigenvalue weighted by Gasteiger charge is 2.00. The van der Waals surface area contributed by atoms with Gasteiger partial charge in [-0.25, -0.2) is 4.39 Å². The van der Waals surface area contributed by atoms with Gasteiger partial charge >= 0.3 is 0 Å². The Bertz CT molecular complexity index is 588. The fraction of sp³-hybridized carbons (Fsp3) is 0.0714. The first kappa shape index (κ1) is 12.4. The Kier molecular flexibility index (Phi) is 3.81. The summed E-state index contributed by atoms with van der Waals surface area (Å²) in [6.45, 7) is 0.562. The van der Waals surface area contributed by atoms with E-state index in [9.17, 15) is 4.39 Å². The highest BCUT2D eigenvalue weighted by atomic mass is 35.5. The largest absolute Gasteiger partial charge is 0.381 e. The van der Waals surface area contributed by atoms with Gasteiger partial charge in [0.15, 0.2) is 0 Å². The minimum atomic E-state index is -0.443. The van der Waals surface area contributed by atoms with Gasteiger partial charge in [-0.1, -0.05) is 23.7 Å². The van der Waals surface area contributed by atoms with Crippen LogP contribution in [0.5, 0.6) is 0 Å². The molecule has 2 aromatic carbocycles. The normalized spacial score (nSPS) is 9.83.